The Morgan fingerprint density at radius 2 is 1.76 bits per heavy atom. The molecule has 0 unspecified atom stereocenters. The summed E-state index contributed by atoms with van der Waals surface area (Å²) in [5, 5.41) is 2.88. The van der Waals surface area contributed by atoms with Crippen LogP contribution in [0.5, 0.6) is 0 Å². The van der Waals surface area contributed by atoms with Gasteiger partial charge in [-0.25, -0.2) is 12.8 Å². The zero-order valence-corrected chi connectivity index (χ0v) is 20.3. The van der Waals surface area contributed by atoms with Gasteiger partial charge in [0.1, 0.15) is 5.82 Å². The molecule has 0 atom stereocenters. The highest BCUT2D eigenvalue weighted by atomic mass is 32.2. The van der Waals surface area contributed by atoms with E-state index >= 15 is 0 Å². The molecule has 0 aromatic heterocycles. The van der Waals surface area contributed by atoms with Gasteiger partial charge in [0.2, 0.25) is 10.0 Å². The van der Waals surface area contributed by atoms with Crippen LogP contribution in [-0.4, -0.2) is 32.9 Å². The summed E-state index contributed by atoms with van der Waals surface area (Å²) in [6, 6.07) is 20.7. The first-order valence-electron chi connectivity index (χ1n) is 10.5. The topological polar surface area (TPSA) is 66.5 Å². The van der Waals surface area contributed by atoms with E-state index in [9.17, 15) is 17.6 Å². The van der Waals surface area contributed by atoms with Crippen molar-refractivity contribution in [3.63, 3.8) is 0 Å². The Kier molecular flexibility index (Phi) is 8.52. The maximum atomic E-state index is 14.0. The average Bonchev–Trinajstić information content (AvgIpc) is 2.77. The van der Waals surface area contributed by atoms with Crippen LogP contribution in [0.2, 0.25) is 0 Å². The summed E-state index contributed by atoms with van der Waals surface area (Å²) < 4.78 is 39.8. The molecule has 0 saturated heterocycles. The fraction of sp³-hybridized carbons (Fsp3) is 0.240. The summed E-state index contributed by atoms with van der Waals surface area (Å²) in [5.41, 5.74) is 3.56. The van der Waals surface area contributed by atoms with Crippen molar-refractivity contribution in [3.05, 3.63) is 101 Å². The van der Waals surface area contributed by atoms with Gasteiger partial charge in [0.05, 0.1) is 18.5 Å². The highest BCUT2D eigenvalue weighted by Crippen LogP contribution is 2.22. The van der Waals surface area contributed by atoms with Gasteiger partial charge in [-0.3, -0.25) is 9.10 Å². The molecule has 0 fully saturated rings. The molecule has 33 heavy (non-hydrogen) atoms. The normalized spacial score (nSPS) is 11.2. The van der Waals surface area contributed by atoms with Gasteiger partial charge in [0.15, 0.2) is 0 Å². The summed E-state index contributed by atoms with van der Waals surface area (Å²) in [6.07, 6.45) is 1.07. The van der Waals surface area contributed by atoms with E-state index < -0.39 is 15.8 Å². The molecule has 5 nitrogen and oxygen atoms in total. The summed E-state index contributed by atoms with van der Waals surface area (Å²) >= 11 is 1.74. The second-order valence-electron chi connectivity index (χ2n) is 7.71. The van der Waals surface area contributed by atoms with Crippen LogP contribution < -0.4 is 9.62 Å². The molecule has 0 aliphatic heterocycles. The minimum atomic E-state index is -3.65. The Morgan fingerprint density at radius 3 is 2.42 bits per heavy atom. The van der Waals surface area contributed by atoms with Crippen LogP contribution >= 0.6 is 11.8 Å². The van der Waals surface area contributed by atoms with Crippen molar-refractivity contribution in [2.75, 3.05) is 22.9 Å². The number of carbonyl (C=O) groups is 1. The number of benzene rings is 3. The average molecular weight is 487 g/mol. The Balaban J connectivity index is 1.56. The van der Waals surface area contributed by atoms with Crippen LogP contribution in [0, 0.1) is 12.7 Å². The van der Waals surface area contributed by atoms with Crippen LogP contribution in [0.1, 0.15) is 27.0 Å². The van der Waals surface area contributed by atoms with E-state index in [0.29, 0.717) is 17.8 Å². The molecule has 0 heterocycles. The van der Waals surface area contributed by atoms with Crippen LogP contribution in [0.15, 0.2) is 72.8 Å². The van der Waals surface area contributed by atoms with Gasteiger partial charge in [-0.15, -0.1) is 0 Å². The molecular weight excluding hydrogens is 459 g/mol. The van der Waals surface area contributed by atoms with Gasteiger partial charge in [0, 0.05) is 29.2 Å². The zero-order chi connectivity index (χ0) is 23.8. The lowest BCUT2D eigenvalue weighted by molar-refractivity contribution is 0.0956. The molecule has 1 amide bonds. The number of hydrogen-bond donors (Lipinski definition) is 1. The maximum Gasteiger partial charge on any atom is 0.251 e. The van der Waals surface area contributed by atoms with Crippen LogP contribution in [-0.2, 0) is 22.3 Å². The molecule has 0 aliphatic rings. The third-order valence-electron chi connectivity index (χ3n) is 4.97. The van der Waals surface area contributed by atoms with Crippen molar-refractivity contribution in [1.29, 1.82) is 0 Å². The largest absolute Gasteiger partial charge is 0.351 e. The second kappa shape index (κ2) is 11.3. The number of carbonyl (C=O) groups excluding carboxylic acids is 1. The van der Waals surface area contributed by atoms with Crippen LogP contribution in [0.3, 0.4) is 0 Å². The molecule has 8 heteroatoms. The van der Waals surface area contributed by atoms with Gasteiger partial charge in [-0.1, -0.05) is 48.0 Å². The van der Waals surface area contributed by atoms with E-state index in [-0.39, 0.29) is 18.0 Å². The number of halogens is 1. The molecule has 0 radical (unpaired) electrons. The second-order valence-corrected chi connectivity index (χ2v) is 10.7. The number of thioether (sulfide) groups is 1. The number of nitrogens with one attached hydrogen (secondary N) is 1. The van der Waals surface area contributed by atoms with Gasteiger partial charge in [-0.2, -0.15) is 11.8 Å². The van der Waals surface area contributed by atoms with Crippen LogP contribution in [0.4, 0.5) is 10.1 Å². The molecule has 3 aromatic carbocycles. The van der Waals surface area contributed by atoms with E-state index in [4.69, 9.17) is 0 Å². The lowest BCUT2D eigenvalue weighted by Crippen LogP contribution is -2.30. The third-order valence-corrected chi connectivity index (χ3v) is 7.14. The zero-order valence-electron chi connectivity index (χ0n) is 18.6. The highest BCUT2D eigenvalue weighted by molar-refractivity contribution is 7.98. The molecule has 3 rings (SSSR count). The fourth-order valence-corrected chi connectivity index (χ4v) is 4.98. The number of rotatable bonds is 10. The lowest BCUT2D eigenvalue weighted by Gasteiger charge is -2.23. The molecular formula is C25H27FN2O3S2. The van der Waals surface area contributed by atoms with Crippen molar-refractivity contribution < 1.29 is 17.6 Å². The third kappa shape index (κ3) is 7.33. The molecule has 0 aliphatic carbocycles. The van der Waals surface area contributed by atoms with Gasteiger partial charge in [0.25, 0.3) is 5.91 Å². The number of aryl methyl sites for hydroxylation is 1. The van der Waals surface area contributed by atoms with Gasteiger partial charge in [-0.05, 0) is 42.8 Å². The maximum absolute atomic E-state index is 14.0. The summed E-state index contributed by atoms with van der Waals surface area (Å²) in [7, 11) is -3.65. The molecule has 0 saturated carbocycles. The number of hydrogen-bond acceptors (Lipinski definition) is 4. The smallest absolute Gasteiger partial charge is 0.251 e. The number of nitrogens with zero attached hydrogens (tertiary/aromatic N) is 1. The van der Waals surface area contributed by atoms with Crippen LogP contribution in [0.25, 0.3) is 0 Å². The van der Waals surface area contributed by atoms with E-state index in [0.717, 1.165) is 22.1 Å². The SMILES string of the molecule is Cc1cccc(CSCCNC(=O)c2ccc(N(Cc3ccccc3F)S(C)(=O)=O)cc2)c1. The Hall–Kier alpha value is -2.84. The number of sulfonamides is 1. The predicted octanol–water partition coefficient (Wildman–Crippen LogP) is 4.76. The number of amides is 1. The minimum absolute atomic E-state index is 0.130. The van der Waals surface area contributed by atoms with E-state index in [2.05, 4.69) is 30.4 Å². The first kappa shape index (κ1) is 24.8. The monoisotopic (exact) mass is 486 g/mol. The summed E-state index contributed by atoms with van der Waals surface area (Å²) in [6.45, 7) is 2.46. The Labute approximate surface area is 199 Å². The summed E-state index contributed by atoms with van der Waals surface area (Å²) in [4.78, 5) is 12.4. The quantitative estimate of drug-likeness (QED) is 0.420. The highest BCUT2D eigenvalue weighted by Gasteiger charge is 2.20. The van der Waals surface area contributed by atoms with Crippen molar-refractivity contribution >= 4 is 33.4 Å². The minimum Gasteiger partial charge on any atom is -0.351 e. The molecule has 0 bridgehead atoms. The van der Waals surface area contributed by atoms with Crippen molar-refractivity contribution in [2.45, 2.75) is 19.2 Å². The van der Waals surface area contributed by atoms with Crippen molar-refractivity contribution in [3.8, 4) is 0 Å². The Bertz CT molecular complexity index is 1200. The van der Waals surface area contributed by atoms with E-state index in [1.165, 1.54) is 17.2 Å². The van der Waals surface area contributed by atoms with E-state index in [1.54, 1.807) is 54.2 Å². The fourth-order valence-electron chi connectivity index (χ4n) is 3.29. The summed E-state index contributed by atoms with van der Waals surface area (Å²) in [5.74, 6) is 0.970. The van der Waals surface area contributed by atoms with Crippen molar-refractivity contribution in [2.24, 2.45) is 0 Å². The molecule has 0 spiro atoms. The lowest BCUT2D eigenvalue weighted by atomic mass is 10.1. The number of anilines is 1. The van der Waals surface area contributed by atoms with Gasteiger partial charge < -0.3 is 5.32 Å². The van der Waals surface area contributed by atoms with Crippen molar-refractivity contribution in [1.82, 2.24) is 5.32 Å². The molecule has 1 N–H and O–H groups in total. The van der Waals surface area contributed by atoms with E-state index in [1.807, 2.05) is 6.07 Å². The Morgan fingerprint density at radius 1 is 1.03 bits per heavy atom. The van der Waals surface area contributed by atoms with Gasteiger partial charge >= 0.3 is 0 Å². The first-order chi connectivity index (χ1) is 15.7. The molecule has 174 valence electrons. The standard InChI is InChI=1S/C25H27FN2O3S2/c1-19-6-5-7-20(16-19)18-32-15-14-27-25(29)21-10-12-23(13-11-21)28(33(2,30)31)17-22-8-3-4-9-24(22)26/h3-13,16H,14-15,17-18H2,1-2H3,(H,27,29). The first-order valence-corrected chi connectivity index (χ1v) is 13.5. The predicted molar refractivity (Wildman–Crippen MR) is 134 cm³/mol. The molecule has 3 aromatic rings.